The van der Waals surface area contributed by atoms with Crippen molar-refractivity contribution >= 4 is 5.91 Å². The summed E-state index contributed by atoms with van der Waals surface area (Å²) in [6.07, 6.45) is 0.613. The number of nitrogens with zero attached hydrogens (tertiary/aromatic N) is 1. The highest BCUT2D eigenvalue weighted by atomic mass is 16.5. The van der Waals surface area contributed by atoms with Crippen LogP contribution in [0.2, 0.25) is 0 Å². The van der Waals surface area contributed by atoms with Crippen molar-refractivity contribution in [2.45, 2.75) is 51.9 Å². The van der Waals surface area contributed by atoms with E-state index in [1.54, 1.807) is 0 Å². The van der Waals surface area contributed by atoms with E-state index in [0.29, 0.717) is 19.6 Å². The summed E-state index contributed by atoms with van der Waals surface area (Å²) in [5.74, 6) is -0.0959. The van der Waals surface area contributed by atoms with E-state index in [-0.39, 0.29) is 17.4 Å². The smallest absolute Gasteiger partial charge is 0.241 e. The van der Waals surface area contributed by atoms with Crippen LogP contribution >= 0.6 is 0 Å². The van der Waals surface area contributed by atoms with Crippen molar-refractivity contribution < 1.29 is 9.53 Å². The third-order valence-electron chi connectivity index (χ3n) is 5.18. The van der Waals surface area contributed by atoms with Gasteiger partial charge in [0.1, 0.15) is 5.54 Å². The lowest BCUT2D eigenvalue weighted by molar-refractivity contribution is -0.170. The molecule has 134 valence electrons. The second-order valence-corrected chi connectivity index (χ2v) is 7.58. The summed E-state index contributed by atoms with van der Waals surface area (Å²) in [6, 6.07) is 8.27. The van der Waals surface area contributed by atoms with Crippen LogP contribution in [-0.2, 0) is 22.6 Å². The highest BCUT2D eigenvalue weighted by molar-refractivity contribution is 5.88. The topological polar surface area (TPSA) is 67.6 Å². The first kappa shape index (κ1) is 18.9. The minimum Gasteiger partial charge on any atom is -0.378 e. The molecule has 0 heterocycles. The van der Waals surface area contributed by atoms with Gasteiger partial charge >= 0.3 is 0 Å². The molecule has 0 radical (unpaired) electrons. The zero-order valence-corrected chi connectivity index (χ0v) is 15.6. The van der Waals surface area contributed by atoms with Crippen LogP contribution in [0.4, 0.5) is 0 Å². The van der Waals surface area contributed by atoms with Crippen LogP contribution in [0.15, 0.2) is 24.3 Å². The standard InChI is InChI=1S/C19H31N3O2/c1-6-24-16-11-19(20,18(16,2)3)17(23)21-12-14-8-7-9-15(10-14)13-22(4)5/h7-10,16H,6,11-13,20H2,1-5H3,(H,21,23). The number of amides is 1. The van der Waals surface area contributed by atoms with Crippen LogP contribution in [0.5, 0.6) is 0 Å². The molecule has 2 rings (SSSR count). The molecule has 0 bridgehead atoms. The lowest BCUT2D eigenvalue weighted by Gasteiger charge is -2.57. The van der Waals surface area contributed by atoms with E-state index in [0.717, 1.165) is 12.1 Å². The zero-order chi connectivity index (χ0) is 18.0. The predicted octanol–water partition coefficient (Wildman–Crippen LogP) is 1.90. The van der Waals surface area contributed by atoms with Crippen LogP contribution in [0.3, 0.4) is 0 Å². The van der Waals surface area contributed by atoms with E-state index < -0.39 is 5.54 Å². The van der Waals surface area contributed by atoms with Crippen LogP contribution in [0.25, 0.3) is 0 Å². The lowest BCUT2D eigenvalue weighted by Crippen LogP contribution is -2.75. The van der Waals surface area contributed by atoms with Crippen molar-refractivity contribution in [2.24, 2.45) is 11.1 Å². The summed E-state index contributed by atoms with van der Waals surface area (Å²) in [5.41, 5.74) is 7.50. The summed E-state index contributed by atoms with van der Waals surface area (Å²) in [7, 11) is 4.08. The molecule has 1 fully saturated rings. The van der Waals surface area contributed by atoms with Crippen molar-refractivity contribution in [3.63, 3.8) is 0 Å². The van der Waals surface area contributed by atoms with E-state index in [1.807, 2.05) is 47.0 Å². The quantitative estimate of drug-likeness (QED) is 0.800. The van der Waals surface area contributed by atoms with Gasteiger partial charge in [-0.15, -0.1) is 0 Å². The van der Waals surface area contributed by atoms with Gasteiger partial charge in [0.15, 0.2) is 0 Å². The summed E-state index contributed by atoms with van der Waals surface area (Å²) < 4.78 is 5.69. The molecule has 0 saturated heterocycles. The van der Waals surface area contributed by atoms with Gasteiger partial charge in [-0.3, -0.25) is 4.79 Å². The maximum atomic E-state index is 12.6. The first-order valence-electron chi connectivity index (χ1n) is 8.62. The number of carbonyl (C=O) groups is 1. The van der Waals surface area contributed by atoms with Gasteiger partial charge in [0.2, 0.25) is 5.91 Å². The molecule has 5 nitrogen and oxygen atoms in total. The van der Waals surface area contributed by atoms with Crippen molar-refractivity contribution in [2.75, 3.05) is 20.7 Å². The Morgan fingerprint density at radius 1 is 1.38 bits per heavy atom. The first-order chi connectivity index (χ1) is 11.2. The molecule has 1 aromatic rings. The van der Waals surface area contributed by atoms with Gasteiger partial charge < -0.3 is 20.7 Å². The largest absolute Gasteiger partial charge is 0.378 e. The predicted molar refractivity (Wildman–Crippen MR) is 96.4 cm³/mol. The molecule has 0 spiro atoms. The Morgan fingerprint density at radius 2 is 2.04 bits per heavy atom. The minimum atomic E-state index is -0.867. The second kappa shape index (κ2) is 7.21. The zero-order valence-electron chi connectivity index (χ0n) is 15.6. The molecule has 1 amide bonds. The fourth-order valence-electron chi connectivity index (χ4n) is 3.36. The third-order valence-corrected chi connectivity index (χ3v) is 5.18. The maximum absolute atomic E-state index is 12.6. The number of benzene rings is 1. The summed E-state index contributed by atoms with van der Waals surface area (Å²) in [5, 5.41) is 3.01. The van der Waals surface area contributed by atoms with Gasteiger partial charge in [-0.05, 0) is 32.1 Å². The van der Waals surface area contributed by atoms with Crippen LogP contribution in [0.1, 0.15) is 38.3 Å². The molecule has 24 heavy (non-hydrogen) atoms. The third kappa shape index (κ3) is 3.63. The molecule has 5 heteroatoms. The average molecular weight is 333 g/mol. The number of hydrogen-bond acceptors (Lipinski definition) is 4. The Bertz CT molecular complexity index is 586. The maximum Gasteiger partial charge on any atom is 0.241 e. The van der Waals surface area contributed by atoms with Gasteiger partial charge in [0, 0.05) is 31.5 Å². The average Bonchev–Trinajstić information content (AvgIpc) is 2.52. The molecule has 1 aromatic carbocycles. The summed E-state index contributed by atoms with van der Waals surface area (Å²) in [6.45, 7) is 8.00. The van der Waals surface area contributed by atoms with Gasteiger partial charge in [-0.1, -0.05) is 38.1 Å². The molecule has 0 aromatic heterocycles. The van der Waals surface area contributed by atoms with E-state index >= 15 is 0 Å². The molecule has 0 aliphatic heterocycles. The van der Waals surface area contributed by atoms with Crippen molar-refractivity contribution in [1.82, 2.24) is 10.2 Å². The summed E-state index contributed by atoms with van der Waals surface area (Å²) in [4.78, 5) is 14.8. The number of nitrogens with one attached hydrogen (secondary N) is 1. The monoisotopic (exact) mass is 333 g/mol. The highest BCUT2D eigenvalue weighted by Crippen LogP contribution is 2.49. The number of hydrogen-bond donors (Lipinski definition) is 2. The fraction of sp³-hybridized carbons (Fsp3) is 0.632. The van der Waals surface area contributed by atoms with E-state index in [2.05, 4.69) is 22.3 Å². The second-order valence-electron chi connectivity index (χ2n) is 7.58. The molecular formula is C19H31N3O2. The number of ether oxygens (including phenoxy) is 1. The molecule has 1 saturated carbocycles. The molecule has 1 aliphatic rings. The Labute approximate surface area is 145 Å². The van der Waals surface area contributed by atoms with E-state index in [1.165, 1.54) is 5.56 Å². The van der Waals surface area contributed by atoms with E-state index in [9.17, 15) is 4.79 Å². The Morgan fingerprint density at radius 3 is 2.62 bits per heavy atom. The normalized spacial score (nSPS) is 25.4. The minimum absolute atomic E-state index is 0.0432. The van der Waals surface area contributed by atoms with Crippen LogP contribution in [0, 0.1) is 5.41 Å². The van der Waals surface area contributed by atoms with Crippen LogP contribution < -0.4 is 11.1 Å². The summed E-state index contributed by atoms with van der Waals surface area (Å²) >= 11 is 0. The highest BCUT2D eigenvalue weighted by Gasteiger charge is 2.62. The number of nitrogens with two attached hydrogens (primary N) is 1. The SMILES string of the molecule is CCOC1CC(N)(C(=O)NCc2cccc(CN(C)C)c2)C1(C)C. The molecule has 1 aliphatic carbocycles. The van der Waals surface area contributed by atoms with Gasteiger partial charge in [0.05, 0.1) is 6.10 Å². The van der Waals surface area contributed by atoms with Crippen molar-refractivity contribution in [3.8, 4) is 0 Å². The molecule has 3 N–H and O–H groups in total. The van der Waals surface area contributed by atoms with Crippen molar-refractivity contribution in [1.29, 1.82) is 0 Å². The Kier molecular flexibility index (Phi) is 5.68. The van der Waals surface area contributed by atoms with E-state index in [4.69, 9.17) is 10.5 Å². The van der Waals surface area contributed by atoms with Crippen LogP contribution in [-0.4, -0.2) is 43.2 Å². The number of rotatable bonds is 7. The molecule has 2 unspecified atom stereocenters. The van der Waals surface area contributed by atoms with Gasteiger partial charge in [-0.25, -0.2) is 0 Å². The Balaban J connectivity index is 1.96. The lowest BCUT2D eigenvalue weighted by atomic mass is 9.54. The first-order valence-corrected chi connectivity index (χ1v) is 8.62. The Hall–Kier alpha value is -1.43. The van der Waals surface area contributed by atoms with Gasteiger partial charge in [-0.2, -0.15) is 0 Å². The number of carbonyl (C=O) groups excluding carboxylic acids is 1. The van der Waals surface area contributed by atoms with Crippen molar-refractivity contribution in [3.05, 3.63) is 35.4 Å². The van der Waals surface area contributed by atoms with Gasteiger partial charge in [0.25, 0.3) is 0 Å². The molecular weight excluding hydrogens is 302 g/mol. The fourth-order valence-corrected chi connectivity index (χ4v) is 3.36. The molecule has 2 atom stereocenters.